The molecule has 1 aliphatic rings. The van der Waals surface area contributed by atoms with E-state index in [4.69, 9.17) is 11.6 Å². The number of nitrogens with zero attached hydrogens (tertiary/aromatic N) is 2. The molecule has 1 saturated heterocycles. The van der Waals surface area contributed by atoms with Gasteiger partial charge in [0.05, 0.1) is 21.1 Å². The maximum absolute atomic E-state index is 12.5. The van der Waals surface area contributed by atoms with Gasteiger partial charge in [-0.15, -0.1) is 0 Å². The first-order valence-corrected chi connectivity index (χ1v) is 8.60. The molecule has 3 rings (SSSR count). The van der Waals surface area contributed by atoms with Crippen LogP contribution in [0.4, 0.5) is 16.2 Å². The topological polar surface area (TPSA) is 80.5 Å². The van der Waals surface area contributed by atoms with Crippen LogP contribution >= 0.6 is 23.4 Å². The van der Waals surface area contributed by atoms with Crippen LogP contribution in [0.2, 0.25) is 5.02 Å². The second-order valence-corrected chi connectivity index (χ2v) is 6.62. The molecule has 2 amide bonds. The fraction of sp³-hybridized carbons (Fsp3) is 0. The lowest BCUT2D eigenvalue weighted by Crippen LogP contribution is -2.27. The first-order chi connectivity index (χ1) is 12.5. The number of hydrogen-bond donors (Lipinski definition) is 0. The van der Waals surface area contributed by atoms with Crippen molar-refractivity contribution in [3.8, 4) is 0 Å². The molecule has 0 saturated carbocycles. The van der Waals surface area contributed by atoms with Crippen LogP contribution in [0.1, 0.15) is 5.56 Å². The fourth-order valence-electron chi connectivity index (χ4n) is 2.35. The highest BCUT2D eigenvalue weighted by atomic mass is 35.5. The predicted molar refractivity (Wildman–Crippen MR) is 102 cm³/mol. The number of amides is 2. The minimum Gasteiger partial charge on any atom is -0.268 e. The molecule has 2 aromatic carbocycles. The molecule has 1 aliphatic heterocycles. The molecule has 130 valence electrons. The van der Waals surface area contributed by atoms with E-state index in [1.54, 1.807) is 36.4 Å². The highest BCUT2D eigenvalue weighted by Gasteiger charge is 2.35. The molecule has 6 nitrogen and oxygen atoms in total. The lowest BCUT2D eigenvalue weighted by Gasteiger charge is -2.12. The maximum atomic E-state index is 12.5. The van der Waals surface area contributed by atoms with Gasteiger partial charge in [-0.05, 0) is 48.2 Å². The lowest BCUT2D eigenvalue weighted by molar-refractivity contribution is -0.385. The van der Waals surface area contributed by atoms with Gasteiger partial charge in [-0.25, -0.2) is 4.90 Å². The number of carbonyl (C=O) groups excluding carboxylic acids is 2. The summed E-state index contributed by atoms with van der Waals surface area (Å²) in [5, 5.41) is 11.0. The molecule has 0 spiro atoms. The first kappa shape index (κ1) is 17.9. The number of anilines is 1. The Kier molecular flexibility index (Phi) is 5.20. The second-order valence-electron chi connectivity index (χ2n) is 5.19. The Morgan fingerprint density at radius 1 is 1.12 bits per heavy atom. The third kappa shape index (κ3) is 3.68. The van der Waals surface area contributed by atoms with Gasteiger partial charge in [0.2, 0.25) is 0 Å². The van der Waals surface area contributed by atoms with Crippen LogP contribution in [-0.4, -0.2) is 16.1 Å². The number of benzene rings is 2. The van der Waals surface area contributed by atoms with Crippen molar-refractivity contribution in [2.75, 3.05) is 4.90 Å². The number of rotatable bonds is 4. The molecular formula is C18H11ClN2O4S. The van der Waals surface area contributed by atoms with E-state index in [1.807, 2.05) is 0 Å². The summed E-state index contributed by atoms with van der Waals surface area (Å²) in [6.45, 7) is 0. The van der Waals surface area contributed by atoms with Gasteiger partial charge in [-0.2, -0.15) is 0 Å². The number of hydrogen-bond acceptors (Lipinski definition) is 5. The number of carbonyl (C=O) groups is 2. The van der Waals surface area contributed by atoms with Crippen molar-refractivity contribution in [1.29, 1.82) is 0 Å². The minimum atomic E-state index is -0.479. The van der Waals surface area contributed by atoms with Gasteiger partial charge in [-0.1, -0.05) is 35.9 Å². The Hall–Kier alpha value is -2.90. The minimum absolute atomic E-state index is 0.0378. The Morgan fingerprint density at radius 3 is 2.62 bits per heavy atom. The number of nitro benzene ring substituents is 1. The molecule has 0 bridgehead atoms. The monoisotopic (exact) mass is 386 g/mol. The van der Waals surface area contributed by atoms with Gasteiger partial charge in [0.1, 0.15) is 0 Å². The van der Waals surface area contributed by atoms with E-state index >= 15 is 0 Å². The number of para-hydroxylation sites is 1. The molecule has 26 heavy (non-hydrogen) atoms. The second kappa shape index (κ2) is 7.55. The van der Waals surface area contributed by atoms with Crippen LogP contribution in [0, 0.1) is 10.1 Å². The third-order valence-electron chi connectivity index (χ3n) is 3.52. The van der Waals surface area contributed by atoms with E-state index in [1.165, 1.54) is 30.4 Å². The van der Waals surface area contributed by atoms with Crippen LogP contribution in [0.15, 0.2) is 65.6 Å². The summed E-state index contributed by atoms with van der Waals surface area (Å²) in [4.78, 5) is 36.4. The molecule has 0 atom stereocenters. The van der Waals surface area contributed by atoms with E-state index in [0.717, 1.165) is 16.7 Å². The SMILES string of the molecule is O=C1S/C(=C/C=C/c2ccccc2[N+](=O)[O-])C(=O)N1c1cccc(Cl)c1. The first-order valence-electron chi connectivity index (χ1n) is 7.41. The molecular weight excluding hydrogens is 376 g/mol. The average Bonchev–Trinajstić information content (AvgIpc) is 2.89. The Labute approximate surface area is 157 Å². The van der Waals surface area contributed by atoms with Gasteiger partial charge in [0.25, 0.3) is 16.8 Å². The quantitative estimate of drug-likeness (QED) is 0.417. The molecule has 1 heterocycles. The molecule has 2 aromatic rings. The van der Waals surface area contributed by atoms with Crippen molar-refractivity contribution in [2.24, 2.45) is 0 Å². The summed E-state index contributed by atoms with van der Waals surface area (Å²) in [6, 6.07) is 12.7. The molecule has 0 N–H and O–H groups in total. The number of allylic oxidation sites excluding steroid dienone is 2. The van der Waals surface area contributed by atoms with Crippen molar-refractivity contribution in [3.63, 3.8) is 0 Å². The van der Waals surface area contributed by atoms with Gasteiger partial charge < -0.3 is 0 Å². The predicted octanol–water partition coefficient (Wildman–Crippen LogP) is 5.05. The van der Waals surface area contributed by atoms with E-state index in [2.05, 4.69) is 0 Å². The molecule has 1 fully saturated rings. The van der Waals surface area contributed by atoms with E-state index in [-0.39, 0.29) is 10.6 Å². The highest BCUT2D eigenvalue weighted by molar-refractivity contribution is 8.18. The summed E-state index contributed by atoms with van der Waals surface area (Å²) in [5.74, 6) is -0.463. The summed E-state index contributed by atoms with van der Waals surface area (Å²) >= 11 is 6.71. The number of halogens is 1. The molecule has 0 unspecified atom stereocenters. The van der Waals surface area contributed by atoms with Crippen LogP contribution in [-0.2, 0) is 4.79 Å². The lowest BCUT2D eigenvalue weighted by atomic mass is 10.1. The largest absolute Gasteiger partial charge is 0.298 e. The Bertz CT molecular complexity index is 971. The van der Waals surface area contributed by atoms with Crippen LogP contribution in [0.5, 0.6) is 0 Å². The maximum Gasteiger partial charge on any atom is 0.298 e. The molecule has 8 heteroatoms. The van der Waals surface area contributed by atoms with Crippen molar-refractivity contribution in [2.45, 2.75) is 0 Å². The summed E-state index contributed by atoms with van der Waals surface area (Å²) < 4.78 is 0. The van der Waals surface area contributed by atoms with E-state index in [0.29, 0.717) is 16.3 Å². The summed E-state index contributed by atoms with van der Waals surface area (Å²) in [6.07, 6.45) is 4.50. The Balaban J connectivity index is 1.84. The molecule has 0 aliphatic carbocycles. The van der Waals surface area contributed by atoms with Crippen molar-refractivity contribution in [3.05, 3.63) is 86.3 Å². The summed E-state index contributed by atoms with van der Waals surface area (Å²) in [5.41, 5.74) is 0.762. The van der Waals surface area contributed by atoms with Crippen molar-refractivity contribution < 1.29 is 14.5 Å². The van der Waals surface area contributed by atoms with Crippen molar-refractivity contribution in [1.82, 2.24) is 0 Å². The standard InChI is InChI=1S/C18H11ClN2O4S/c19-13-7-4-8-14(11-13)20-17(22)16(26-18(20)23)10-3-6-12-5-1-2-9-15(12)21(24)25/h1-11H/b6-3+,16-10+. The van der Waals surface area contributed by atoms with E-state index < -0.39 is 16.1 Å². The highest BCUT2D eigenvalue weighted by Crippen LogP contribution is 2.35. The van der Waals surface area contributed by atoms with Crippen LogP contribution in [0.25, 0.3) is 6.08 Å². The zero-order valence-corrected chi connectivity index (χ0v) is 14.7. The van der Waals surface area contributed by atoms with Gasteiger partial charge in [-0.3, -0.25) is 19.7 Å². The smallest absolute Gasteiger partial charge is 0.268 e. The summed E-state index contributed by atoms with van der Waals surface area (Å²) in [7, 11) is 0. The molecule has 0 radical (unpaired) electrons. The van der Waals surface area contributed by atoms with Crippen molar-refractivity contribution >= 4 is 52.0 Å². The number of imide groups is 1. The van der Waals surface area contributed by atoms with Gasteiger partial charge in [0.15, 0.2) is 0 Å². The fourth-order valence-corrected chi connectivity index (χ4v) is 3.33. The Morgan fingerprint density at radius 2 is 1.88 bits per heavy atom. The third-order valence-corrected chi connectivity index (χ3v) is 4.64. The number of nitro groups is 1. The van der Waals surface area contributed by atoms with E-state index in [9.17, 15) is 19.7 Å². The normalized spacial score (nSPS) is 16.0. The zero-order valence-electron chi connectivity index (χ0n) is 13.2. The molecule has 0 aromatic heterocycles. The van der Waals surface area contributed by atoms with Crippen LogP contribution < -0.4 is 4.90 Å². The van der Waals surface area contributed by atoms with Gasteiger partial charge >= 0.3 is 0 Å². The van der Waals surface area contributed by atoms with Gasteiger partial charge in [0, 0.05) is 11.1 Å². The number of thioether (sulfide) groups is 1. The van der Waals surface area contributed by atoms with Crippen LogP contribution in [0.3, 0.4) is 0 Å². The average molecular weight is 387 g/mol. The zero-order chi connectivity index (χ0) is 18.7.